The monoisotopic (exact) mass is 587 g/mol. The zero-order chi connectivity index (χ0) is 30.1. The third-order valence-corrected chi connectivity index (χ3v) is 7.85. The van der Waals surface area contributed by atoms with Crippen LogP contribution in [0, 0.1) is 11.7 Å². The molecule has 0 unspecified atom stereocenters. The normalized spacial score (nSPS) is 15.9. The van der Waals surface area contributed by atoms with Crippen LogP contribution in [0.2, 0.25) is 5.02 Å². The smallest absolute Gasteiger partial charge is 0.243 e. The summed E-state index contributed by atoms with van der Waals surface area (Å²) in [4.78, 5) is 40.3. The second-order valence-corrected chi connectivity index (χ2v) is 11.6. The number of unbranched alkanes of at least 4 members (excludes halogenated alkanes) is 1. The van der Waals surface area contributed by atoms with Crippen LogP contribution in [-0.4, -0.2) is 60.3 Å². The first-order valence-corrected chi connectivity index (χ1v) is 14.9. The quantitative estimate of drug-likeness (QED) is 0.285. The molecule has 3 rings (SSSR count). The standard InChI is InChI=1S/C32H43ClFN3O4/c1-6-7-8-24-13-14-26(33)18-29(24)41-20(2)19-35-30(25-11-12-25)32(40)37(5)21(3)31(39)36-28(22(4)38)17-23-9-15-27(34)16-10-23/h9-10,13-16,18,20-21,25,28,30,35H,6-8,11-12,17,19H2,1-5H3,(H,36,39)/t20-,21-,28-,30+/m1/s1. The molecule has 0 spiro atoms. The number of ether oxygens (including phenoxy) is 1. The van der Waals surface area contributed by atoms with Gasteiger partial charge in [0.2, 0.25) is 11.8 Å². The number of hydrogen-bond acceptors (Lipinski definition) is 5. The molecule has 2 aromatic carbocycles. The number of amides is 2. The number of hydrogen-bond donors (Lipinski definition) is 2. The minimum absolute atomic E-state index is 0.174. The van der Waals surface area contributed by atoms with E-state index in [4.69, 9.17) is 16.3 Å². The number of carbonyl (C=O) groups is 3. The van der Waals surface area contributed by atoms with E-state index < -0.39 is 24.0 Å². The van der Waals surface area contributed by atoms with Crippen molar-refractivity contribution in [2.75, 3.05) is 13.6 Å². The van der Waals surface area contributed by atoms with E-state index in [9.17, 15) is 18.8 Å². The number of carbonyl (C=O) groups excluding carboxylic acids is 3. The third kappa shape index (κ3) is 9.82. The van der Waals surface area contributed by atoms with Gasteiger partial charge in [0.1, 0.15) is 23.7 Å². The molecule has 0 aliphatic heterocycles. The number of benzene rings is 2. The first-order valence-electron chi connectivity index (χ1n) is 14.5. The van der Waals surface area contributed by atoms with E-state index in [1.165, 1.54) is 24.0 Å². The van der Waals surface area contributed by atoms with Gasteiger partial charge < -0.3 is 20.3 Å². The summed E-state index contributed by atoms with van der Waals surface area (Å²) in [6.45, 7) is 7.60. The molecular formula is C32H43ClFN3O4. The number of likely N-dealkylation sites (N-methyl/N-ethyl adjacent to an activating group) is 1. The lowest BCUT2D eigenvalue weighted by Gasteiger charge is -2.30. The molecule has 1 aliphatic rings. The first-order chi connectivity index (χ1) is 19.5. The SMILES string of the molecule is CCCCc1ccc(Cl)cc1O[C@H](C)CN[C@H](C(=O)N(C)[C@H](C)C(=O)N[C@H](Cc1ccc(F)cc1)C(C)=O)C1CC1. The Hall–Kier alpha value is -2.97. The van der Waals surface area contributed by atoms with Crippen molar-refractivity contribution in [1.29, 1.82) is 0 Å². The molecule has 1 saturated carbocycles. The Morgan fingerprint density at radius 2 is 1.80 bits per heavy atom. The highest BCUT2D eigenvalue weighted by Crippen LogP contribution is 2.34. The second kappa shape index (κ2) is 15.3. The Morgan fingerprint density at radius 1 is 1.12 bits per heavy atom. The van der Waals surface area contributed by atoms with Crippen LogP contribution in [0.3, 0.4) is 0 Å². The van der Waals surface area contributed by atoms with Crippen molar-refractivity contribution in [3.8, 4) is 5.75 Å². The number of rotatable bonds is 16. The second-order valence-electron chi connectivity index (χ2n) is 11.1. The fourth-order valence-electron chi connectivity index (χ4n) is 4.68. The molecule has 0 aromatic heterocycles. The summed E-state index contributed by atoms with van der Waals surface area (Å²) in [5.74, 6) is -0.221. The predicted octanol–water partition coefficient (Wildman–Crippen LogP) is 5.12. The van der Waals surface area contributed by atoms with Gasteiger partial charge in [-0.15, -0.1) is 0 Å². The van der Waals surface area contributed by atoms with Gasteiger partial charge in [-0.3, -0.25) is 14.4 Å². The van der Waals surface area contributed by atoms with E-state index in [-0.39, 0.29) is 36.0 Å². The van der Waals surface area contributed by atoms with Crippen molar-refractivity contribution in [2.45, 2.75) is 90.4 Å². The number of ketones is 1. The molecular weight excluding hydrogens is 545 g/mol. The molecule has 7 nitrogen and oxygen atoms in total. The van der Waals surface area contributed by atoms with Crippen LogP contribution in [0.1, 0.15) is 64.5 Å². The van der Waals surface area contributed by atoms with Crippen LogP contribution in [0.4, 0.5) is 4.39 Å². The van der Waals surface area contributed by atoms with Crippen molar-refractivity contribution in [3.63, 3.8) is 0 Å². The predicted molar refractivity (Wildman–Crippen MR) is 160 cm³/mol. The van der Waals surface area contributed by atoms with Crippen molar-refractivity contribution in [3.05, 3.63) is 64.4 Å². The minimum Gasteiger partial charge on any atom is -0.489 e. The molecule has 224 valence electrons. The Labute approximate surface area is 248 Å². The topological polar surface area (TPSA) is 87.7 Å². The Kier molecular flexibility index (Phi) is 12.2. The van der Waals surface area contributed by atoms with Gasteiger partial charge in [-0.25, -0.2) is 4.39 Å². The van der Waals surface area contributed by atoms with Crippen molar-refractivity contribution < 1.29 is 23.5 Å². The van der Waals surface area contributed by atoms with Gasteiger partial charge >= 0.3 is 0 Å². The third-order valence-electron chi connectivity index (χ3n) is 7.61. The molecule has 9 heteroatoms. The van der Waals surface area contributed by atoms with E-state index in [0.29, 0.717) is 11.6 Å². The van der Waals surface area contributed by atoms with Crippen molar-refractivity contribution in [1.82, 2.24) is 15.5 Å². The molecule has 4 atom stereocenters. The van der Waals surface area contributed by atoms with E-state index in [1.807, 2.05) is 25.1 Å². The average molecular weight is 588 g/mol. The fourth-order valence-corrected chi connectivity index (χ4v) is 4.84. The lowest BCUT2D eigenvalue weighted by atomic mass is 10.0. The average Bonchev–Trinajstić information content (AvgIpc) is 3.78. The van der Waals surface area contributed by atoms with Gasteiger partial charge in [0, 0.05) is 18.6 Å². The highest BCUT2D eigenvalue weighted by atomic mass is 35.5. The Bertz CT molecular complexity index is 1190. The molecule has 1 aliphatic carbocycles. The summed E-state index contributed by atoms with van der Waals surface area (Å²) < 4.78 is 19.5. The van der Waals surface area contributed by atoms with Crippen LogP contribution >= 0.6 is 11.6 Å². The molecule has 41 heavy (non-hydrogen) atoms. The van der Waals surface area contributed by atoms with Gasteiger partial charge in [0.25, 0.3) is 0 Å². The van der Waals surface area contributed by atoms with Crippen molar-refractivity contribution >= 4 is 29.2 Å². The fraction of sp³-hybridized carbons (Fsp3) is 0.531. The maximum Gasteiger partial charge on any atom is 0.243 e. The van der Waals surface area contributed by atoms with Crippen LogP contribution in [0.15, 0.2) is 42.5 Å². The van der Waals surface area contributed by atoms with Gasteiger partial charge in [-0.2, -0.15) is 0 Å². The molecule has 0 bridgehead atoms. The lowest BCUT2D eigenvalue weighted by molar-refractivity contribution is -0.141. The molecule has 2 aromatic rings. The first kappa shape index (κ1) is 32.5. The highest BCUT2D eigenvalue weighted by Gasteiger charge is 2.39. The molecule has 0 saturated heterocycles. The molecule has 1 fully saturated rings. The van der Waals surface area contributed by atoms with E-state index in [0.717, 1.165) is 49.0 Å². The van der Waals surface area contributed by atoms with Gasteiger partial charge in [0.05, 0.1) is 12.1 Å². The lowest BCUT2D eigenvalue weighted by Crippen LogP contribution is -2.55. The number of Topliss-reactive ketones (excluding diaryl/α,β-unsaturated/α-hetero) is 1. The Morgan fingerprint density at radius 3 is 2.41 bits per heavy atom. The van der Waals surface area contributed by atoms with E-state index >= 15 is 0 Å². The summed E-state index contributed by atoms with van der Waals surface area (Å²) >= 11 is 6.23. The van der Waals surface area contributed by atoms with E-state index in [2.05, 4.69) is 17.6 Å². The number of nitrogens with zero attached hydrogens (tertiary/aromatic N) is 1. The van der Waals surface area contributed by atoms with Crippen LogP contribution < -0.4 is 15.4 Å². The molecule has 0 heterocycles. The minimum atomic E-state index is -0.790. The van der Waals surface area contributed by atoms with Gasteiger partial charge in [-0.1, -0.05) is 43.1 Å². The molecule has 0 radical (unpaired) electrons. The van der Waals surface area contributed by atoms with Crippen LogP contribution in [0.5, 0.6) is 5.75 Å². The summed E-state index contributed by atoms with van der Waals surface area (Å²) in [6, 6.07) is 9.53. The highest BCUT2D eigenvalue weighted by molar-refractivity contribution is 6.30. The summed E-state index contributed by atoms with van der Waals surface area (Å²) in [7, 11) is 1.61. The number of nitrogens with one attached hydrogen (secondary N) is 2. The maximum atomic E-state index is 13.5. The largest absolute Gasteiger partial charge is 0.489 e. The van der Waals surface area contributed by atoms with Crippen molar-refractivity contribution in [2.24, 2.45) is 5.92 Å². The van der Waals surface area contributed by atoms with Crippen LogP contribution in [0.25, 0.3) is 0 Å². The summed E-state index contributed by atoms with van der Waals surface area (Å²) in [5.41, 5.74) is 1.84. The maximum absolute atomic E-state index is 13.5. The number of halogens is 2. The van der Waals surface area contributed by atoms with Gasteiger partial charge in [0.15, 0.2) is 5.78 Å². The van der Waals surface area contributed by atoms with Crippen LogP contribution in [-0.2, 0) is 27.2 Å². The summed E-state index contributed by atoms with van der Waals surface area (Å²) in [6.07, 6.45) is 4.95. The number of aryl methyl sites for hydroxylation is 1. The van der Waals surface area contributed by atoms with E-state index in [1.54, 1.807) is 26.1 Å². The molecule has 2 N–H and O–H groups in total. The zero-order valence-electron chi connectivity index (χ0n) is 24.7. The van der Waals surface area contributed by atoms with Gasteiger partial charge in [-0.05, 0) is 94.2 Å². The molecule has 2 amide bonds. The summed E-state index contributed by atoms with van der Waals surface area (Å²) in [5, 5.41) is 6.77. The zero-order valence-corrected chi connectivity index (χ0v) is 25.5. The Balaban J connectivity index is 1.58.